The van der Waals surface area contributed by atoms with Gasteiger partial charge in [0.1, 0.15) is 11.6 Å². The third-order valence-electron chi connectivity index (χ3n) is 3.44. The minimum Gasteiger partial charge on any atom is -0.493 e. The van der Waals surface area contributed by atoms with Gasteiger partial charge in [-0.05, 0) is 29.8 Å². The van der Waals surface area contributed by atoms with Crippen LogP contribution < -0.4 is 14.8 Å². The van der Waals surface area contributed by atoms with Crippen molar-refractivity contribution in [3.63, 3.8) is 0 Å². The van der Waals surface area contributed by atoms with Gasteiger partial charge in [-0.2, -0.15) is 0 Å². The van der Waals surface area contributed by atoms with Gasteiger partial charge in [0, 0.05) is 13.1 Å². The fourth-order valence-electron chi connectivity index (χ4n) is 2.07. The molecule has 2 aromatic rings. The first-order valence-corrected chi connectivity index (χ1v) is 9.76. The van der Waals surface area contributed by atoms with Crippen molar-refractivity contribution in [3.05, 3.63) is 66.0 Å². The number of amides is 1. The lowest BCUT2D eigenvalue weighted by atomic mass is 10.2. The van der Waals surface area contributed by atoms with E-state index in [4.69, 9.17) is 4.74 Å². The Labute approximate surface area is 152 Å². The Morgan fingerprint density at radius 2 is 1.73 bits per heavy atom. The minimum absolute atomic E-state index is 0.0134. The van der Waals surface area contributed by atoms with E-state index in [9.17, 15) is 17.6 Å². The zero-order chi connectivity index (χ0) is 18.8. The first-order chi connectivity index (χ1) is 12.4. The molecule has 1 amide bonds. The lowest BCUT2D eigenvalue weighted by molar-refractivity contribution is -0.121. The third kappa shape index (κ3) is 7.62. The monoisotopic (exact) mass is 380 g/mol. The average Bonchev–Trinajstić information content (AvgIpc) is 2.62. The Kier molecular flexibility index (Phi) is 7.55. The van der Waals surface area contributed by atoms with Crippen molar-refractivity contribution < 1.29 is 22.3 Å². The summed E-state index contributed by atoms with van der Waals surface area (Å²) in [5, 5.41) is 2.53. The standard InChI is InChI=1S/C18H21FN2O4S/c19-16-6-8-17(9-7-16)25-12-10-18(22)20-11-13-26(23,24)21-14-15-4-2-1-3-5-15/h1-9,21H,10-14H2,(H,20,22). The molecule has 26 heavy (non-hydrogen) atoms. The number of hydrogen-bond donors (Lipinski definition) is 2. The van der Waals surface area contributed by atoms with E-state index < -0.39 is 10.0 Å². The number of rotatable bonds is 10. The highest BCUT2D eigenvalue weighted by Gasteiger charge is 2.11. The highest BCUT2D eigenvalue weighted by molar-refractivity contribution is 7.89. The van der Waals surface area contributed by atoms with Crippen LogP contribution in [0.15, 0.2) is 54.6 Å². The maximum Gasteiger partial charge on any atom is 0.223 e. The van der Waals surface area contributed by atoms with Gasteiger partial charge in [-0.3, -0.25) is 4.79 Å². The van der Waals surface area contributed by atoms with Crippen molar-refractivity contribution >= 4 is 15.9 Å². The molecule has 0 aliphatic heterocycles. The lowest BCUT2D eigenvalue weighted by Crippen LogP contribution is -2.34. The topological polar surface area (TPSA) is 84.5 Å². The molecule has 140 valence electrons. The maximum atomic E-state index is 12.8. The first kappa shape index (κ1) is 19.9. The van der Waals surface area contributed by atoms with Gasteiger partial charge in [0.15, 0.2) is 0 Å². The fourth-order valence-corrected chi connectivity index (χ4v) is 2.97. The van der Waals surface area contributed by atoms with Crippen molar-refractivity contribution in [2.24, 2.45) is 0 Å². The molecule has 0 aromatic heterocycles. The normalized spacial score (nSPS) is 11.1. The first-order valence-electron chi connectivity index (χ1n) is 8.11. The molecule has 2 N–H and O–H groups in total. The maximum absolute atomic E-state index is 12.8. The van der Waals surface area contributed by atoms with Crippen molar-refractivity contribution in [1.82, 2.24) is 10.0 Å². The van der Waals surface area contributed by atoms with E-state index in [-0.39, 0.29) is 43.6 Å². The van der Waals surface area contributed by atoms with Crippen molar-refractivity contribution in [2.45, 2.75) is 13.0 Å². The number of sulfonamides is 1. The molecule has 2 rings (SSSR count). The van der Waals surface area contributed by atoms with Gasteiger partial charge in [0.05, 0.1) is 18.8 Å². The molecule has 0 aliphatic rings. The van der Waals surface area contributed by atoms with Gasteiger partial charge in [-0.15, -0.1) is 0 Å². The van der Waals surface area contributed by atoms with Crippen LogP contribution >= 0.6 is 0 Å². The summed E-state index contributed by atoms with van der Waals surface area (Å²) in [5.41, 5.74) is 0.859. The van der Waals surface area contributed by atoms with Crippen LogP contribution in [0.4, 0.5) is 4.39 Å². The number of benzene rings is 2. The quantitative estimate of drug-likeness (QED) is 0.659. The van der Waals surface area contributed by atoms with Gasteiger partial charge >= 0.3 is 0 Å². The largest absolute Gasteiger partial charge is 0.493 e. The Morgan fingerprint density at radius 3 is 2.42 bits per heavy atom. The number of ether oxygens (including phenoxy) is 1. The van der Waals surface area contributed by atoms with Gasteiger partial charge in [0.25, 0.3) is 0 Å². The molecule has 2 aromatic carbocycles. The Hall–Kier alpha value is -2.45. The molecule has 0 atom stereocenters. The highest BCUT2D eigenvalue weighted by Crippen LogP contribution is 2.11. The van der Waals surface area contributed by atoms with Gasteiger partial charge in [0.2, 0.25) is 15.9 Å². The minimum atomic E-state index is -3.47. The zero-order valence-electron chi connectivity index (χ0n) is 14.2. The van der Waals surface area contributed by atoms with Crippen molar-refractivity contribution in [1.29, 1.82) is 0 Å². The molecule has 0 saturated heterocycles. The van der Waals surface area contributed by atoms with Crippen molar-refractivity contribution in [3.8, 4) is 5.75 Å². The number of nitrogens with one attached hydrogen (secondary N) is 2. The van der Waals surface area contributed by atoms with Crippen molar-refractivity contribution in [2.75, 3.05) is 18.9 Å². The van der Waals surface area contributed by atoms with Gasteiger partial charge in [-0.25, -0.2) is 17.5 Å². The van der Waals surface area contributed by atoms with Crippen LogP contribution in [0, 0.1) is 5.82 Å². The van der Waals surface area contributed by atoms with E-state index in [0.29, 0.717) is 5.75 Å². The van der Waals surface area contributed by atoms with E-state index >= 15 is 0 Å². The second-order valence-corrected chi connectivity index (χ2v) is 7.45. The predicted molar refractivity (Wildman–Crippen MR) is 96.6 cm³/mol. The van der Waals surface area contributed by atoms with Crippen LogP contribution in [0.5, 0.6) is 5.75 Å². The number of hydrogen-bond acceptors (Lipinski definition) is 4. The summed E-state index contributed by atoms with van der Waals surface area (Å²) in [7, 11) is -3.47. The second-order valence-electron chi connectivity index (χ2n) is 5.53. The van der Waals surface area contributed by atoms with Crippen LogP contribution in [-0.4, -0.2) is 33.2 Å². The Morgan fingerprint density at radius 1 is 1.04 bits per heavy atom. The number of halogens is 1. The molecular weight excluding hydrogens is 359 g/mol. The van der Waals surface area contributed by atoms with E-state index in [0.717, 1.165) is 5.56 Å². The van der Waals surface area contributed by atoms with E-state index in [1.54, 1.807) is 0 Å². The highest BCUT2D eigenvalue weighted by atomic mass is 32.2. The van der Waals surface area contributed by atoms with Crippen LogP contribution in [0.1, 0.15) is 12.0 Å². The molecule has 0 saturated carbocycles. The molecule has 8 heteroatoms. The summed E-state index contributed by atoms with van der Waals surface area (Å²) < 4.78 is 44.3. The fraction of sp³-hybridized carbons (Fsp3) is 0.278. The second kappa shape index (κ2) is 9.88. The van der Waals surface area contributed by atoms with Gasteiger partial charge in [-0.1, -0.05) is 30.3 Å². The van der Waals surface area contributed by atoms with Crippen LogP contribution in [-0.2, 0) is 21.4 Å². The third-order valence-corrected chi connectivity index (χ3v) is 4.77. The molecular formula is C18H21FN2O4S. The predicted octanol–water partition coefficient (Wildman–Crippen LogP) is 1.83. The summed E-state index contributed by atoms with van der Waals surface area (Å²) in [6, 6.07) is 14.6. The molecule has 6 nitrogen and oxygen atoms in total. The van der Waals surface area contributed by atoms with E-state index in [1.165, 1.54) is 24.3 Å². The molecule has 0 heterocycles. The van der Waals surface area contributed by atoms with Crippen LogP contribution in [0.3, 0.4) is 0 Å². The molecule has 0 fully saturated rings. The van der Waals surface area contributed by atoms with Crippen LogP contribution in [0.2, 0.25) is 0 Å². The van der Waals surface area contributed by atoms with Gasteiger partial charge < -0.3 is 10.1 Å². The summed E-state index contributed by atoms with van der Waals surface area (Å²) in [6.45, 7) is 0.346. The summed E-state index contributed by atoms with van der Waals surface area (Å²) in [6.07, 6.45) is 0.0782. The molecule has 0 radical (unpaired) electrons. The average molecular weight is 380 g/mol. The SMILES string of the molecule is O=C(CCOc1ccc(F)cc1)NCCS(=O)(=O)NCc1ccccc1. The van der Waals surface area contributed by atoms with E-state index in [1.807, 2.05) is 30.3 Å². The smallest absolute Gasteiger partial charge is 0.223 e. The molecule has 0 aliphatic carbocycles. The zero-order valence-corrected chi connectivity index (χ0v) is 15.0. The molecule has 0 spiro atoms. The number of carbonyl (C=O) groups excluding carboxylic acids is 1. The lowest BCUT2D eigenvalue weighted by Gasteiger charge is -2.09. The Balaban J connectivity index is 1.61. The summed E-state index contributed by atoms with van der Waals surface area (Å²) >= 11 is 0. The summed E-state index contributed by atoms with van der Waals surface area (Å²) in [5.74, 6) is -0.417. The Bertz CT molecular complexity index is 796. The van der Waals surface area contributed by atoms with Crippen LogP contribution in [0.25, 0.3) is 0 Å². The molecule has 0 unspecified atom stereocenters. The summed E-state index contributed by atoms with van der Waals surface area (Å²) in [4.78, 5) is 11.7. The number of carbonyl (C=O) groups is 1. The van der Waals surface area contributed by atoms with E-state index in [2.05, 4.69) is 10.0 Å². The molecule has 0 bridgehead atoms.